The number of primary amides is 1. The maximum atomic E-state index is 13.2. The molecule has 1 aromatic heterocycles. The summed E-state index contributed by atoms with van der Waals surface area (Å²) in [4.78, 5) is 24.8. The fourth-order valence-electron chi connectivity index (χ4n) is 4.93. The van der Waals surface area contributed by atoms with Crippen molar-refractivity contribution in [2.45, 2.75) is 67.3 Å². The van der Waals surface area contributed by atoms with E-state index in [-0.39, 0.29) is 17.9 Å². The Labute approximate surface area is 185 Å². The lowest BCUT2D eigenvalue weighted by atomic mass is 9.45. The van der Waals surface area contributed by atoms with Gasteiger partial charge in [-0.1, -0.05) is 40.7 Å². The predicted molar refractivity (Wildman–Crippen MR) is 121 cm³/mol. The summed E-state index contributed by atoms with van der Waals surface area (Å²) in [7, 11) is 0. The van der Waals surface area contributed by atoms with E-state index in [1.54, 1.807) is 26.1 Å². The van der Waals surface area contributed by atoms with Crippen LogP contribution in [0.1, 0.15) is 71.7 Å². The molecule has 4 rings (SSSR count). The molecule has 0 saturated heterocycles. The van der Waals surface area contributed by atoms with E-state index in [4.69, 9.17) is 10.5 Å². The second-order valence-corrected chi connectivity index (χ2v) is 10.9. The summed E-state index contributed by atoms with van der Waals surface area (Å²) < 4.78 is 7.47. The van der Waals surface area contributed by atoms with E-state index >= 15 is 0 Å². The number of fused-ring (bicyclic) bond motifs is 2. The van der Waals surface area contributed by atoms with Crippen LogP contribution in [-0.4, -0.2) is 34.2 Å². The van der Waals surface area contributed by atoms with Crippen LogP contribution in [0.25, 0.3) is 6.20 Å². The highest BCUT2D eigenvalue weighted by Crippen LogP contribution is 2.61. The summed E-state index contributed by atoms with van der Waals surface area (Å²) >= 11 is 0. The Morgan fingerprint density at radius 1 is 1.39 bits per heavy atom. The monoisotopic (exact) mass is 430 g/mol. The Bertz CT molecular complexity index is 868. The van der Waals surface area contributed by atoms with E-state index in [9.17, 15) is 9.59 Å². The number of hydrogen-bond acceptors (Lipinski definition) is 4. The van der Waals surface area contributed by atoms with Crippen LogP contribution < -0.4 is 15.8 Å². The van der Waals surface area contributed by atoms with Gasteiger partial charge in [-0.25, -0.2) is 4.68 Å². The molecule has 2 amide bonds. The van der Waals surface area contributed by atoms with Gasteiger partial charge in [0.2, 0.25) is 11.8 Å². The number of nitrogens with one attached hydrogen (secondary N) is 1. The van der Waals surface area contributed by atoms with Gasteiger partial charge in [0.15, 0.2) is 0 Å². The molecule has 3 aliphatic rings. The first kappa shape index (κ1) is 23.4. The van der Waals surface area contributed by atoms with Gasteiger partial charge in [-0.05, 0) is 55.8 Å². The minimum absolute atomic E-state index is 0.162. The van der Waals surface area contributed by atoms with Gasteiger partial charge in [0.25, 0.3) is 5.91 Å². The van der Waals surface area contributed by atoms with E-state index < -0.39 is 11.3 Å². The average Bonchev–Trinajstić information content (AvgIpc) is 3.08. The molecule has 3 N–H and O–H groups in total. The summed E-state index contributed by atoms with van der Waals surface area (Å²) in [6.45, 7) is 15.0. The summed E-state index contributed by atoms with van der Waals surface area (Å²) in [6.07, 6.45) is 7.12. The largest absolute Gasteiger partial charge is 0.477 e. The fourth-order valence-corrected chi connectivity index (χ4v) is 4.93. The second kappa shape index (κ2) is 8.32. The zero-order valence-corrected chi connectivity index (χ0v) is 19.9. The highest BCUT2D eigenvalue weighted by atomic mass is 16.5. The number of carbonyl (C=O) groups is 2. The molecule has 0 aromatic carbocycles. The Balaban J connectivity index is 1.80. The van der Waals surface area contributed by atoms with Gasteiger partial charge in [0, 0.05) is 12.2 Å². The van der Waals surface area contributed by atoms with Crippen LogP contribution in [0, 0.1) is 34.5 Å². The maximum Gasteiger partial charge on any atom is 0.258 e. The number of aromatic nitrogens is 2. The normalized spacial score (nSPS) is 27.2. The second-order valence-electron chi connectivity index (χ2n) is 10.9. The van der Waals surface area contributed by atoms with Crippen molar-refractivity contribution >= 4 is 18.0 Å². The number of ether oxygens (including phenoxy) is 1. The number of amides is 2. The molecule has 7 heteroatoms. The molecule has 3 fully saturated rings. The van der Waals surface area contributed by atoms with Crippen LogP contribution in [0.3, 0.4) is 0 Å². The Kier molecular flexibility index (Phi) is 6.27. The SMILES string of the molecule is CC(C)COc1c(C(=O)N[C@@H]2CC3CC([C@H]2C)C3(C)C)cnn1C=CC(C)(C)C(N)=O. The highest BCUT2D eigenvalue weighted by molar-refractivity contribution is 5.96. The van der Waals surface area contributed by atoms with Gasteiger partial charge in [0.05, 0.1) is 18.2 Å². The first-order valence-corrected chi connectivity index (χ1v) is 11.3. The van der Waals surface area contributed by atoms with Crippen LogP contribution >= 0.6 is 0 Å². The van der Waals surface area contributed by atoms with Crippen molar-refractivity contribution in [3.8, 4) is 5.88 Å². The molecule has 172 valence electrons. The van der Waals surface area contributed by atoms with Crippen LogP contribution in [0.2, 0.25) is 0 Å². The Morgan fingerprint density at radius 3 is 2.61 bits per heavy atom. The third-order valence-corrected chi connectivity index (χ3v) is 7.49. The minimum Gasteiger partial charge on any atom is -0.477 e. The Morgan fingerprint density at radius 2 is 2.06 bits per heavy atom. The van der Waals surface area contributed by atoms with E-state index in [0.29, 0.717) is 41.2 Å². The minimum atomic E-state index is -0.838. The number of nitrogens with two attached hydrogens (primary N) is 1. The van der Waals surface area contributed by atoms with Crippen molar-refractivity contribution in [2.75, 3.05) is 6.61 Å². The molecule has 3 saturated carbocycles. The van der Waals surface area contributed by atoms with Crippen molar-refractivity contribution in [1.82, 2.24) is 15.1 Å². The lowest BCUT2D eigenvalue weighted by molar-refractivity contribution is -0.123. The van der Waals surface area contributed by atoms with E-state index in [1.807, 2.05) is 13.8 Å². The van der Waals surface area contributed by atoms with E-state index in [2.05, 4.69) is 31.2 Å². The lowest BCUT2D eigenvalue weighted by Crippen LogP contribution is -2.60. The Hall–Kier alpha value is -2.31. The molecule has 1 aromatic rings. The molecule has 3 aliphatic carbocycles. The molecule has 0 radical (unpaired) electrons. The quantitative estimate of drug-likeness (QED) is 0.657. The van der Waals surface area contributed by atoms with Gasteiger partial charge in [-0.15, -0.1) is 0 Å². The third-order valence-electron chi connectivity index (χ3n) is 7.49. The smallest absolute Gasteiger partial charge is 0.258 e. The van der Waals surface area contributed by atoms with Crippen molar-refractivity contribution in [3.05, 3.63) is 17.8 Å². The molecule has 7 nitrogen and oxygen atoms in total. The number of hydrogen-bond donors (Lipinski definition) is 2. The van der Waals surface area contributed by atoms with Crippen LogP contribution in [0.5, 0.6) is 5.88 Å². The molecule has 1 heterocycles. The third kappa shape index (κ3) is 4.51. The average molecular weight is 431 g/mol. The number of carbonyl (C=O) groups excluding carboxylic acids is 2. The van der Waals surface area contributed by atoms with Crippen molar-refractivity contribution in [1.29, 1.82) is 0 Å². The summed E-state index contributed by atoms with van der Waals surface area (Å²) in [5, 5.41) is 7.57. The van der Waals surface area contributed by atoms with Crippen molar-refractivity contribution in [2.24, 2.45) is 40.2 Å². The van der Waals surface area contributed by atoms with Crippen molar-refractivity contribution in [3.63, 3.8) is 0 Å². The molecule has 2 bridgehead atoms. The molecular weight excluding hydrogens is 392 g/mol. The van der Waals surface area contributed by atoms with E-state index in [0.717, 1.165) is 6.42 Å². The summed E-state index contributed by atoms with van der Waals surface area (Å²) in [5.74, 6) is 1.83. The first-order chi connectivity index (χ1) is 14.3. The summed E-state index contributed by atoms with van der Waals surface area (Å²) in [6, 6.07) is 0.162. The molecule has 4 atom stereocenters. The predicted octanol–water partition coefficient (Wildman–Crippen LogP) is 3.70. The lowest BCUT2D eigenvalue weighted by Gasteiger charge is -2.62. The zero-order valence-electron chi connectivity index (χ0n) is 19.9. The molecule has 0 spiro atoms. The summed E-state index contributed by atoms with van der Waals surface area (Å²) in [5.41, 5.74) is 5.40. The fraction of sp³-hybridized carbons (Fsp3) is 0.708. The maximum absolute atomic E-state index is 13.2. The first-order valence-electron chi connectivity index (χ1n) is 11.3. The van der Waals surface area contributed by atoms with Gasteiger partial charge in [-0.2, -0.15) is 5.10 Å². The highest BCUT2D eigenvalue weighted by Gasteiger charge is 2.56. The number of rotatable bonds is 8. The van der Waals surface area contributed by atoms with Crippen LogP contribution in [0.4, 0.5) is 0 Å². The standard InChI is InChI=1S/C24H38N4O3/c1-14(2)13-31-21-17(12-26-28(21)9-8-23(4,5)22(25)30)20(29)27-19-11-16-10-18(15(19)3)24(16,6)7/h8-9,12,14-16,18-19H,10-11,13H2,1-7H3,(H2,25,30)(H,27,29)/t15-,16?,18?,19-/m1/s1. The molecule has 0 aliphatic heterocycles. The molecular formula is C24H38N4O3. The van der Waals surface area contributed by atoms with Crippen molar-refractivity contribution < 1.29 is 14.3 Å². The topological polar surface area (TPSA) is 99.2 Å². The van der Waals surface area contributed by atoms with Crippen LogP contribution in [-0.2, 0) is 4.79 Å². The van der Waals surface area contributed by atoms with Gasteiger partial charge >= 0.3 is 0 Å². The number of nitrogens with zero attached hydrogens (tertiary/aromatic N) is 2. The van der Waals surface area contributed by atoms with Gasteiger partial charge in [0.1, 0.15) is 5.56 Å². The van der Waals surface area contributed by atoms with Gasteiger partial charge < -0.3 is 15.8 Å². The van der Waals surface area contributed by atoms with Crippen LogP contribution in [0.15, 0.2) is 12.3 Å². The van der Waals surface area contributed by atoms with E-state index in [1.165, 1.54) is 17.3 Å². The van der Waals surface area contributed by atoms with Gasteiger partial charge in [-0.3, -0.25) is 9.59 Å². The molecule has 31 heavy (non-hydrogen) atoms. The zero-order chi connectivity index (χ0) is 23.1. The molecule has 2 unspecified atom stereocenters.